The minimum atomic E-state index is -0.212. The molecule has 0 aromatic carbocycles. The van der Waals surface area contributed by atoms with Crippen LogP contribution in [0.2, 0.25) is 0 Å². The van der Waals surface area contributed by atoms with E-state index in [0.717, 1.165) is 41.4 Å². The van der Waals surface area contributed by atoms with Gasteiger partial charge in [0.15, 0.2) is 0 Å². The molecule has 76 valence electrons. The molecule has 1 fully saturated rings. The fourth-order valence-corrected chi connectivity index (χ4v) is 2.55. The Morgan fingerprint density at radius 2 is 2.07 bits per heavy atom. The molecule has 0 N–H and O–H groups in total. The molecule has 1 aliphatic heterocycles. The summed E-state index contributed by atoms with van der Waals surface area (Å²) in [6, 6.07) is 0. The first-order chi connectivity index (χ1) is 7.31. The number of hydrogen-bond acceptors (Lipinski definition) is 3. The molecule has 0 unspecified atom stereocenters. The fraction of sp³-hybridized carbons (Fsp3) is 0.333. The number of esters is 1. The Bertz CT molecular complexity index is 463. The first-order valence-corrected chi connectivity index (χ1v) is 5.08. The second kappa shape index (κ2) is 2.92. The number of allylic oxidation sites excluding steroid dienone is 4. The Balaban J connectivity index is 2.15. The zero-order valence-corrected chi connectivity index (χ0v) is 8.21. The third-order valence-electron chi connectivity index (χ3n) is 3.31. The van der Waals surface area contributed by atoms with Crippen LogP contribution in [-0.2, 0) is 14.3 Å². The maximum Gasteiger partial charge on any atom is 0.338 e. The molecule has 3 nitrogen and oxygen atoms in total. The number of rotatable bonds is 1. The van der Waals surface area contributed by atoms with Crippen molar-refractivity contribution in [2.24, 2.45) is 0 Å². The van der Waals surface area contributed by atoms with Crippen LogP contribution in [0.15, 0.2) is 33.9 Å². The van der Waals surface area contributed by atoms with Crippen LogP contribution in [0.1, 0.15) is 19.3 Å². The fourth-order valence-electron chi connectivity index (χ4n) is 2.55. The molecular weight excluding hydrogens is 192 g/mol. The van der Waals surface area contributed by atoms with Crippen LogP contribution in [0.4, 0.5) is 0 Å². The molecule has 0 aromatic rings. The Labute approximate surface area is 87.1 Å². The van der Waals surface area contributed by atoms with Crippen molar-refractivity contribution >= 4 is 12.3 Å². The quantitative estimate of drug-likeness (QED) is 0.477. The van der Waals surface area contributed by atoms with Gasteiger partial charge in [-0.2, -0.15) is 0 Å². The van der Waals surface area contributed by atoms with Gasteiger partial charge in [-0.05, 0) is 36.0 Å². The molecule has 0 radical (unpaired) electrons. The van der Waals surface area contributed by atoms with Crippen LogP contribution in [0.3, 0.4) is 0 Å². The van der Waals surface area contributed by atoms with Crippen LogP contribution in [0.5, 0.6) is 0 Å². The van der Waals surface area contributed by atoms with Gasteiger partial charge < -0.3 is 4.74 Å². The molecular formula is C12H10O3. The van der Waals surface area contributed by atoms with E-state index < -0.39 is 0 Å². The van der Waals surface area contributed by atoms with Crippen LogP contribution < -0.4 is 0 Å². The highest BCUT2D eigenvalue weighted by Crippen LogP contribution is 2.42. The van der Waals surface area contributed by atoms with E-state index in [0.29, 0.717) is 13.0 Å². The lowest BCUT2D eigenvalue weighted by atomic mass is 9.89. The third-order valence-corrected chi connectivity index (χ3v) is 3.31. The van der Waals surface area contributed by atoms with Gasteiger partial charge in [0.1, 0.15) is 12.9 Å². The summed E-state index contributed by atoms with van der Waals surface area (Å²) in [6.45, 7) is 0.385. The minimum absolute atomic E-state index is 0.212. The molecule has 0 amide bonds. The number of cyclic esters (lactones) is 1. The molecule has 0 atom stereocenters. The lowest BCUT2D eigenvalue weighted by Crippen LogP contribution is -2.02. The highest BCUT2D eigenvalue weighted by atomic mass is 16.5. The monoisotopic (exact) mass is 202 g/mol. The standard InChI is InChI=1S/C12H10O3/c13-5-7-1-2-9-8(7)3-4-10-11(9)6-15-12(10)14/h4-5H,1-3,6H2. The van der Waals surface area contributed by atoms with Crippen molar-refractivity contribution in [2.75, 3.05) is 6.61 Å². The number of carbonyl (C=O) groups is 2. The van der Waals surface area contributed by atoms with E-state index in [2.05, 4.69) is 0 Å². The molecule has 3 rings (SSSR count). The van der Waals surface area contributed by atoms with Gasteiger partial charge in [0.25, 0.3) is 0 Å². The maximum atomic E-state index is 11.3. The van der Waals surface area contributed by atoms with Gasteiger partial charge in [0, 0.05) is 5.57 Å². The van der Waals surface area contributed by atoms with Crippen molar-refractivity contribution in [1.82, 2.24) is 0 Å². The predicted octanol–water partition coefficient (Wildman–Crippen LogP) is 1.46. The van der Waals surface area contributed by atoms with Crippen LogP contribution in [0.25, 0.3) is 0 Å². The molecule has 0 spiro atoms. The summed E-state index contributed by atoms with van der Waals surface area (Å²) in [4.78, 5) is 22.2. The second-order valence-corrected chi connectivity index (χ2v) is 3.98. The minimum Gasteiger partial charge on any atom is -0.457 e. The van der Waals surface area contributed by atoms with Crippen LogP contribution in [0, 0.1) is 0 Å². The van der Waals surface area contributed by atoms with Crippen molar-refractivity contribution in [2.45, 2.75) is 19.3 Å². The average Bonchev–Trinajstić information content (AvgIpc) is 2.81. The summed E-state index contributed by atoms with van der Waals surface area (Å²) in [5, 5.41) is 0. The van der Waals surface area contributed by atoms with Crippen molar-refractivity contribution < 1.29 is 14.3 Å². The average molecular weight is 202 g/mol. The molecule has 1 heterocycles. The van der Waals surface area contributed by atoms with Gasteiger partial charge in [-0.1, -0.05) is 6.08 Å². The summed E-state index contributed by atoms with van der Waals surface area (Å²) in [6.07, 6.45) is 5.23. The normalized spacial score (nSPS) is 23.7. The van der Waals surface area contributed by atoms with Gasteiger partial charge >= 0.3 is 5.97 Å². The van der Waals surface area contributed by atoms with Gasteiger partial charge in [-0.15, -0.1) is 0 Å². The maximum absolute atomic E-state index is 11.3. The zero-order chi connectivity index (χ0) is 10.4. The lowest BCUT2D eigenvalue weighted by Gasteiger charge is -2.12. The molecule has 3 heteroatoms. The summed E-state index contributed by atoms with van der Waals surface area (Å²) < 4.78 is 5.00. The molecule has 0 saturated carbocycles. The van der Waals surface area contributed by atoms with E-state index in [4.69, 9.17) is 4.74 Å². The summed E-state index contributed by atoms with van der Waals surface area (Å²) in [5.41, 5.74) is 4.94. The Kier molecular flexibility index (Phi) is 1.69. The number of ether oxygens (including phenoxy) is 1. The van der Waals surface area contributed by atoms with Crippen LogP contribution in [-0.4, -0.2) is 18.9 Å². The van der Waals surface area contributed by atoms with E-state index in [1.165, 1.54) is 5.57 Å². The first kappa shape index (κ1) is 8.65. The van der Waals surface area contributed by atoms with Gasteiger partial charge in [-0.25, -0.2) is 4.79 Å². The van der Waals surface area contributed by atoms with E-state index in [1.807, 2.05) is 6.08 Å². The molecule has 0 aromatic heterocycles. The van der Waals surface area contributed by atoms with Crippen molar-refractivity contribution in [3.05, 3.63) is 33.9 Å². The highest BCUT2D eigenvalue weighted by molar-refractivity contribution is 5.98. The first-order valence-electron chi connectivity index (χ1n) is 5.08. The van der Waals surface area contributed by atoms with E-state index in [1.54, 1.807) is 0 Å². The summed E-state index contributed by atoms with van der Waals surface area (Å²) >= 11 is 0. The van der Waals surface area contributed by atoms with E-state index >= 15 is 0 Å². The lowest BCUT2D eigenvalue weighted by molar-refractivity contribution is -0.135. The summed E-state index contributed by atoms with van der Waals surface area (Å²) in [5.74, 6) is -0.212. The number of aldehydes is 1. The molecule has 15 heavy (non-hydrogen) atoms. The van der Waals surface area contributed by atoms with Gasteiger partial charge in [-0.3, -0.25) is 4.79 Å². The SMILES string of the molecule is O=CC1=C2CC=C3C(=O)OCC3=C2CC1. The predicted molar refractivity (Wildman–Crippen MR) is 53.0 cm³/mol. The Hall–Kier alpha value is -1.64. The number of hydrogen-bond donors (Lipinski definition) is 0. The largest absolute Gasteiger partial charge is 0.457 e. The third kappa shape index (κ3) is 1.06. The number of carbonyl (C=O) groups excluding carboxylic acids is 2. The molecule has 1 saturated heterocycles. The molecule has 2 aliphatic carbocycles. The molecule has 3 aliphatic rings. The van der Waals surface area contributed by atoms with Gasteiger partial charge in [0.05, 0.1) is 5.57 Å². The smallest absolute Gasteiger partial charge is 0.338 e. The van der Waals surface area contributed by atoms with Crippen LogP contribution >= 0.6 is 0 Å². The van der Waals surface area contributed by atoms with E-state index in [-0.39, 0.29) is 5.97 Å². The zero-order valence-electron chi connectivity index (χ0n) is 8.21. The van der Waals surface area contributed by atoms with E-state index in [9.17, 15) is 9.59 Å². The molecule has 0 bridgehead atoms. The van der Waals surface area contributed by atoms with Crippen molar-refractivity contribution in [3.8, 4) is 0 Å². The van der Waals surface area contributed by atoms with Crippen molar-refractivity contribution in [1.29, 1.82) is 0 Å². The summed E-state index contributed by atoms with van der Waals surface area (Å²) in [7, 11) is 0. The second-order valence-electron chi connectivity index (χ2n) is 3.98. The Morgan fingerprint density at radius 3 is 2.87 bits per heavy atom. The van der Waals surface area contributed by atoms with Crippen molar-refractivity contribution in [3.63, 3.8) is 0 Å². The van der Waals surface area contributed by atoms with Gasteiger partial charge in [0.2, 0.25) is 0 Å². The Morgan fingerprint density at radius 1 is 1.20 bits per heavy atom. The number of fused-ring (bicyclic) bond motifs is 2. The topological polar surface area (TPSA) is 43.4 Å². The highest BCUT2D eigenvalue weighted by Gasteiger charge is 2.34.